The van der Waals surface area contributed by atoms with Crippen LogP contribution >= 0.6 is 22.9 Å². The Labute approximate surface area is 161 Å². The summed E-state index contributed by atoms with van der Waals surface area (Å²) < 4.78 is 26.2. The van der Waals surface area contributed by atoms with Gasteiger partial charge in [0.15, 0.2) is 0 Å². The van der Waals surface area contributed by atoms with Gasteiger partial charge in [-0.05, 0) is 56.6 Å². The van der Waals surface area contributed by atoms with Gasteiger partial charge in [-0.2, -0.15) is 17.6 Å². The standard InChI is InChI=1S/C18H16ClN3O2S2/c1-21(2)12-3-4-15-7-10-18(25-15)17-11-13-22(20-17)26(23,24)16-8-5-14(19)6-9-16/h5-11,13H,12H2,1-2H3. The second-order valence-electron chi connectivity index (χ2n) is 5.74. The summed E-state index contributed by atoms with van der Waals surface area (Å²) in [7, 11) is 0.179. The van der Waals surface area contributed by atoms with Gasteiger partial charge in [0.2, 0.25) is 0 Å². The van der Waals surface area contributed by atoms with Crippen LogP contribution in [-0.4, -0.2) is 43.1 Å². The lowest BCUT2D eigenvalue weighted by Crippen LogP contribution is -2.13. The smallest absolute Gasteiger partial charge is 0.282 e. The van der Waals surface area contributed by atoms with Crippen molar-refractivity contribution < 1.29 is 8.42 Å². The van der Waals surface area contributed by atoms with Crippen LogP contribution in [-0.2, 0) is 10.0 Å². The van der Waals surface area contributed by atoms with Crippen LogP contribution in [0.2, 0.25) is 5.02 Å². The van der Waals surface area contributed by atoms with Gasteiger partial charge in [-0.15, -0.1) is 11.3 Å². The predicted molar refractivity (Wildman–Crippen MR) is 105 cm³/mol. The second-order valence-corrected chi connectivity index (χ2v) is 9.05. The maximum atomic E-state index is 12.6. The van der Waals surface area contributed by atoms with E-state index in [0.717, 1.165) is 13.8 Å². The highest BCUT2D eigenvalue weighted by molar-refractivity contribution is 7.89. The molecule has 0 N–H and O–H groups in total. The Kier molecular flexibility index (Phi) is 5.49. The lowest BCUT2D eigenvalue weighted by atomic mass is 10.3. The molecule has 0 radical (unpaired) electrons. The normalized spacial score (nSPS) is 11.4. The molecule has 0 spiro atoms. The fraction of sp³-hybridized carbons (Fsp3) is 0.167. The van der Waals surface area contributed by atoms with E-state index < -0.39 is 10.0 Å². The molecule has 8 heteroatoms. The van der Waals surface area contributed by atoms with E-state index >= 15 is 0 Å². The molecule has 0 aliphatic rings. The molecule has 5 nitrogen and oxygen atoms in total. The van der Waals surface area contributed by atoms with Crippen LogP contribution in [0.3, 0.4) is 0 Å². The van der Waals surface area contributed by atoms with Crippen molar-refractivity contribution in [1.29, 1.82) is 0 Å². The molecule has 3 rings (SSSR count). The second kappa shape index (κ2) is 7.64. The van der Waals surface area contributed by atoms with Gasteiger partial charge in [0.25, 0.3) is 10.0 Å². The van der Waals surface area contributed by atoms with Gasteiger partial charge in [0.05, 0.1) is 21.2 Å². The molecule has 2 aromatic heterocycles. The lowest BCUT2D eigenvalue weighted by Gasteiger charge is -2.04. The molecule has 2 heterocycles. The Morgan fingerprint density at radius 1 is 1.15 bits per heavy atom. The first-order valence-electron chi connectivity index (χ1n) is 7.67. The summed E-state index contributed by atoms with van der Waals surface area (Å²) in [4.78, 5) is 3.91. The number of aromatic nitrogens is 2. The first kappa shape index (κ1) is 18.7. The third kappa shape index (κ3) is 4.17. The van der Waals surface area contributed by atoms with Gasteiger partial charge < -0.3 is 0 Å². The van der Waals surface area contributed by atoms with Gasteiger partial charge in [-0.3, -0.25) is 4.90 Å². The SMILES string of the molecule is CN(C)CC#Cc1ccc(-c2ccn(S(=O)(=O)c3ccc(Cl)cc3)n2)s1. The predicted octanol–water partition coefficient (Wildman–Crippen LogP) is 3.42. The van der Waals surface area contributed by atoms with Crippen LogP contribution in [0.4, 0.5) is 0 Å². The Hall–Kier alpha value is -2.11. The molecule has 0 aliphatic heterocycles. The number of nitrogens with zero attached hydrogens (tertiary/aromatic N) is 3. The van der Waals surface area contributed by atoms with Crippen molar-refractivity contribution >= 4 is 33.0 Å². The van der Waals surface area contributed by atoms with E-state index in [4.69, 9.17) is 11.6 Å². The topological polar surface area (TPSA) is 55.2 Å². The summed E-state index contributed by atoms with van der Waals surface area (Å²) in [5.74, 6) is 6.17. The molecule has 26 heavy (non-hydrogen) atoms. The van der Waals surface area contributed by atoms with Gasteiger partial charge in [0, 0.05) is 11.2 Å². The zero-order chi connectivity index (χ0) is 18.7. The monoisotopic (exact) mass is 405 g/mol. The van der Waals surface area contributed by atoms with Crippen molar-refractivity contribution in [2.75, 3.05) is 20.6 Å². The van der Waals surface area contributed by atoms with E-state index in [-0.39, 0.29) is 4.90 Å². The summed E-state index contributed by atoms with van der Waals surface area (Å²) in [6.07, 6.45) is 1.44. The van der Waals surface area contributed by atoms with Crippen molar-refractivity contribution in [3.63, 3.8) is 0 Å². The van der Waals surface area contributed by atoms with E-state index in [1.165, 1.54) is 41.8 Å². The lowest BCUT2D eigenvalue weighted by molar-refractivity contribution is 0.464. The molecule has 0 saturated carbocycles. The van der Waals surface area contributed by atoms with E-state index in [2.05, 4.69) is 16.9 Å². The largest absolute Gasteiger partial charge is 0.299 e. The highest BCUT2D eigenvalue weighted by Crippen LogP contribution is 2.27. The fourth-order valence-electron chi connectivity index (χ4n) is 2.11. The fourth-order valence-corrected chi connectivity index (χ4v) is 4.20. The molecule has 3 aromatic rings. The Bertz CT molecular complexity index is 1070. The average Bonchev–Trinajstić information content (AvgIpc) is 3.24. The molecule has 0 atom stereocenters. The van der Waals surface area contributed by atoms with Crippen LogP contribution < -0.4 is 0 Å². The molecule has 0 bridgehead atoms. The third-order valence-corrected chi connectivity index (χ3v) is 6.23. The summed E-state index contributed by atoms with van der Waals surface area (Å²) in [6, 6.07) is 11.5. The van der Waals surface area contributed by atoms with Gasteiger partial charge in [0.1, 0.15) is 5.69 Å². The van der Waals surface area contributed by atoms with Crippen LogP contribution in [0.5, 0.6) is 0 Å². The quantitative estimate of drug-likeness (QED) is 0.624. The first-order chi connectivity index (χ1) is 12.4. The van der Waals surface area contributed by atoms with Gasteiger partial charge in [-0.25, -0.2) is 0 Å². The van der Waals surface area contributed by atoms with Crippen LogP contribution in [0.25, 0.3) is 10.6 Å². The molecule has 134 valence electrons. The molecule has 0 amide bonds. The molecule has 0 fully saturated rings. The Morgan fingerprint density at radius 2 is 1.88 bits per heavy atom. The minimum Gasteiger partial charge on any atom is -0.299 e. The zero-order valence-corrected chi connectivity index (χ0v) is 16.6. The molecule has 0 saturated heterocycles. The zero-order valence-electron chi connectivity index (χ0n) is 14.2. The maximum absolute atomic E-state index is 12.6. The van der Waals surface area contributed by atoms with Crippen molar-refractivity contribution in [3.8, 4) is 22.4 Å². The van der Waals surface area contributed by atoms with Crippen LogP contribution in [0, 0.1) is 11.8 Å². The van der Waals surface area contributed by atoms with Crippen molar-refractivity contribution in [2.24, 2.45) is 0 Å². The summed E-state index contributed by atoms with van der Waals surface area (Å²) in [6.45, 7) is 0.682. The number of benzene rings is 1. The number of rotatable bonds is 4. The average molecular weight is 406 g/mol. The minimum atomic E-state index is -3.74. The van der Waals surface area contributed by atoms with E-state index in [1.54, 1.807) is 6.07 Å². The highest BCUT2D eigenvalue weighted by atomic mass is 35.5. The summed E-state index contributed by atoms with van der Waals surface area (Å²) >= 11 is 7.30. The van der Waals surface area contributed by atoms with Crippen molar-refractivity contribution in [3.05, 3.63) is 58.6 Å². The van der Waals surface area contributed by atoms with Crippen LogP contribution in [0.1, 0.15) is 4.88 Å². The number of halogens is 1. The number of hydrogen-bond acceptors (Lipinski definition) is 5. The highest BCUT2D eigenvalue weighted by Gasteiger charge is 2.18. The minimum absolute atomic E-state index is 0.137. The maximum Gasteiger partial charge on any atom is 0.282 e. The van der Waals surface area contributed by atoms with Gasteiger partial charge >= 0.3 is 0 Å². The molecule has 0 aliphatic carbocycles. The van der Waals surface area contributed by atoms with E-state index in [1.807, 2.05) is 31.1 Å². The Morgan fingerprint density at radius 3 is 2.58 bits per heavy atom. The molecular formula is C18H16ClN3O2S2. The summed E-state index contributed by atoms with van der Waals surface area (Å²) in [5, 5.41) is 4.70. The van der Waals surface area contributed by atoms with Crippen molar-refractivity contribution in [2.45, 2.75) is 4.90 Å². The van der Waals surface area contributed by atoms with E-state index in [9.17, 15) is 8.42 Å². The van der Waals surface area contributed by atoms with E-state index in [0.29, 0.717) is 17.3 Å². The molecular weight excluding hydrogens is 390 g/mol. The summed E-state index contributed by atoms with van der Waals surface area (Å²) in [5.41, 5.74) is 0.591. The third-order valence-electron chi connectivity index (χ3n) is 3.39. The molecule has 1 aromatic carbocycles. The number of thiophene rings is 1. The van der Waals surface area contributed by atoms with Crippen LogP contribution in [0.15, 0.2) is 53.6 Å². The Balaban J connectivity index is 1.85. The van der Waals surface area contributed by atoms with Crippen molar-refractivity contribution in [1.82, 2.24) is 14.1 Å². The first-order valence-corrected chi connectivity index (χ1v) is 10.3. The number of hydrogen-bond donors (Lipinski definition) is 0. The molecule has 0 unspecified atom stereocenters. The van der Waals surface area contributed by atoms with Gasteiger partial charge in [-0.1, -0.05) is 23.4 Å².